The molecule has 0 aromatic heterocycles. The highest BCUT2D eigenvalue weighted by atomic mass is 32.2. The summed E-state index contributed by atoms with van der Waals surface area (Å²) in [5.74, 6) is -1.18. The predicted molar refractivity (Wildman–Crippen MR) is 191 cm³/mol. The van der Waals surface area contributed by atoms with E-state index >= 15 is 0 Å². The SMILES string of the molecule is C=C(/C=C\C(=C)C1C(CCC(O)c2ccc(F)cc2)C(=O)N1c1ccc(F)cc1)c1ccc(SCC2OC(CO)C(O)C(O)C2O)cc1.CC. The summed E-state index contributed by atoms with van der Waals surface area (Å²) in [6, 6.07) is 18.3. The van der Waals surface area contributed by atoms with Crippen molar-refractivity contribution in [1.29, 1.82) is 0 Å². The van der Waals surface area contributed by atoms with Gasteiger partial charge in [-0.25, -0.2) is 8.78 Å². The van der Waals surface area contributed by atoms with Gasteiger partial charge in [0.1, 0.15) is 36.1 Å². The van der Waals surface area contributed by atoms with Gasteiger partial charge in [0.15, 0.2) is 0 Å². The maximum atomic E-state index is 13.7. The number of halogens is 2. The van der Waals surface area contributed by atoms with E-state index in [1.54, 1.807) is 17.1 Å². The van der Waals surface area contributed by atoms with E-state index in [-0.39, 0.29) is 18.1 Å². The summed E-state index contributed by atoms with van der Waals surface area (Å²) < 4.78 is 32.6. The number of aliphatic hydroxyl groups excluding tert-OH is 5. The van der Waals surface area contributed by atoms with Crippen LogP contribution in [0.5, 0.6) is 0 Å². The normalized spacial score (nSPS) is 25.4. The fourth-order valence-electron chi connectivity index (χ4n) is 6.00. The molecule has 2 fully saturated rings. The highest BCUT2D eigenvalue weighted by Crippen LogP contribution is 2.40. The minimum Gasteiger partial charge on any atom is -0.394 e. The van der Waals surface area contributed by atoms with Crippen LogP contribution in [0.15, 0.2) is 109 Å². The average Bonchev–Trinajstić information content (AvgIpc) is 3.13. The van der Waals surface area contributed by atoms with Crippen molar-refractivity contribution < 1.29 is 43.8 Å². The first kappa shape index (κ1) is 39.1. The largest absolute Gasteiger partial charge is 0.394 e. The van der Waals surface area contributed by atoms with Crippen molar-refractivity contribution in [2.45, 2.75) is 74.3 Å². The quantitative estimate of drug-likeness (QED) is 0.0882. The zero-order valence-corrected chi connectivity index (χ0v) is 28.9. The summed E-state index contributed by atoms with van der Waals surface area (Å²) in [5, 5.41) is 50.4. The van der Waals surface area contributed by atoms with Crippen LogP contribution in [-0.2, 0) is 9.53 Å². The van der Waals surface area contributed by atoms with Crippen LogP contribution < -0.4 is 4.90 Å². The molecule has 0 radical (unpaired) electrons. The van der Waals surface area contributed by atoms with Gasteiger partial charge in [-0.05, 0) is 83.6 Å². The van der Waals surface area contributed by atoms with Crippen LogP contribution in [0.3, 0.4) is 0 Å². The second-order valence-corrected chi connectivity index (χ2v) is 13.1. The Labute approximate surface area is 296 Å². The van der Waals surface area contributed by atoms with Gasteiger partial charge < -0.3 is 35.2 Å². The number of allylic oxidation sites excluding steroid dienone is 2. The second kappa shape index (κ2) is 18.0. The first-order chi connectivity index (χ1) is 24.0. The molecule has 2 aliphatic rings. The highest BCUT2D eigenvalue weighted by Gasteiger charge is 2.48. The maximum Gasteiger partial charge on any atom is 0.233 e. The molecule has 8 nitrogen and oxygen atoms in total. The lowest BCUT2D eigenvalue weighted by Gasteiger charge is -2.48. The smallest absolute Gasteiger partial charge is 0.233 e. The third-order valence-electron chi connectivity index (χ3n) is 8.83. The molecule has 3 aromatic rings. The zero-order chi connectivity index (χ0) is 36.5. The molecule has 1 amide bonds. The summed E-state index contributed by atoms with van der Waals surface area (Å²) in [7, 11) is 0. The van der Waals surface area contributed by atoms with E-state index < -0.39 is 66.8 Å². The summed E-state index contributed by atoms with van der Waals surface area (Å²) >= 11 is 1.39. The topological polar surface area (TPSA) is 131 Å². The Balaban J connectivity index is 0.00000276. The van der Waals surface area contributed by atoms with Crippen molar-refractivity contribution in [3.05, 3.63) is 126 Å². The lowest BCUT2D eigenvalue weighted by atomic mass is 9.78. The first-order valence-corrected chi connectivity index (χ1v) is 17.6. The van der Waals surface area contributed by atoms with Gasteiger partial charge in [-0.2, -0.15) is 0 Å². The molecular formula is C39H45F2NO7S. The van der Waals surface area contributed by atoms with Crippen molar-refractivity contribution in [3.8, 4) is 0 Å². The van der Waals surface area contributed by atoms with Gasteiger partial charge in [0.05, 0.1) is 30.8 Å². The summed E-state index contributed by atoms with van der Waals surface area (Å²) in [6.45, 7) is 11.9. The molecule has 0 saturated carbocycles. The summed E-state index contributed by atoms with van der Waals surface area (Å²) in [4.78, 5) is 15.8. The van der Waals surface area contributed by atoms with E-state index in [1.165, 1.54) is 60.3 Å². The Morgan fingerprint density at radius 1 is 0.880 bits per heavy atom. The highest BCUT2D eigenvalue weighted by molar-refractivity contribution is 7.99. The fraction of sp³-hybridized carbons (Fsp3) is 0.359. The van der Waals surface area contributed by atoms with Crippen LogP contribution in [0.4, 0.5) is 14.5 Å². The number of aliphatic hydroxyl groups is 5. The van der Waals surface area contributed by atoms with Crippen LogP contribution >= 0.6 is 11.8 Å². The minimum absolute atomic E-state index is 0.164. The summed E-state index contributed by atoms with van der Waals surface area (Å²) in [6.07, 6.45) is -2.49. The molecule has 0 aliphatic carbocycles. The third-order valence-corrected chi connectivity index (χ3v) is 9.93. The van der Waals surface area contributed by atoms with Crippen molar-refractivity contribution in [3.63, 3.8) is 0 Å². The van der Waals surface area contributed by atoms with Gasteiger partial charge in [0.2, 0.25) is 5.91 Å². The average molecular weight is 710 g/mol. The molecule has 2 heterocycles. The van der Waals surface area contributed by atoms with Crippen LogP contribution in [0.25, 0.3) is 5.57 Å². The number of nitrogens with zero attached hydrogens (tertiary/aromatic N) is 1. The standard InChI is InChI=1S/C37H39F2NO7S.C2H6/c1-21(23-7-15-28(16-8-23)48-20-32-35(44)36(45)34(43)31(19-41)47-32)3-4-22(2)33-29(17-18-30(42)24-5-9-25(38)10-6-24)37(46)40(33)27-13-11-26(39)12-14-27;1-2/h3-16,29-36,41-45H,1-2,17-20H2;1-2H3/b4-3-;. The Morgan fingerprint density at radius 2 is 1.46 bits per heavy atom. The maximum absolute atomic E-state index is 13.7. The molecule has 0 bridgehead atoms. The van der Waals surface area contributed by atoms with Crippen molar-refractivity contribution in [1.82, 2.24) is 0 Å². The summed E-state index contributed by atoms with van der Waals surface area (Å²) in [5.41, 5.74) is 3.24. The van der Waals surface area contributed by atoms with Crippen molar-refractivity contribution >= 4 is 28.9 Å². The number of thioether (sulfide) groups is 1. The van der Waals surface area contributed by atoms with Gasteiger partial charge in [0, 0.05) is 16.3 Å². The number of carbonyl (C=O) groups excluding carboxylic acids is 1. The Bertz CT molecular complexity index is 1610. The van der Waals surface area contributed by atoms with Gasteiger partial charge in [-0.15, -0.1) is 11.8 Å². The Hall–Kier alpha value is -3.68. The molecule has 2 saturated heterocycles. The lowest BCUT2D eigenvalue weighted by Crippen LogP contribution is -2.61. The van der Waals surface area contributed by atoms with Gasteiger partial charge in [-0.1, -0.05) is 63.4 Å². The molecular weight excluding hydrogens is 664 g/mol. The van der Waals surface area contributed by atoms with Crippen LogP contribution in [0.1, 0.15) is 43.9 Å². The van der Waals surface area contributed by atoms with Crippen LogP contribution in [0.2, 0.25) is 0 Å². The third kappa shape index (κ3) is 9.15. The fourth-order valence-corrected chi connectivity index (χ4v) is 6.96. The molecule has 8 atom stereocenters. The molecule has 5 N–H and O–H groups in total. The molecule has 50 heavy (non-hydrogen) atoms. The molecule has 0 spiro atoms. The molecule has 8 unspecified atom stereocenters. The van der Waals surface area contributed by atoms with Crippen LogP contribution in [-0.4, -0.2) is 80.4 Å². The van der Waals surface area contributed by atoms with E-state index in [0.29, 0.717) is 28.8 Å². The number of anilines is 1. The van der Waals surface area contributed by atoms with Crippen molar-refractivity contribution in [2.24, 2.45) is 5.92 Å². The van der Waals surface area contributed by atoms with Gasteiger partial charge in [0.25, 0.3) is 0 Å². The molecule has 2 aliphatic heterocycles. The number of carbonyl (C=O) groups is 1. The molecule has 268 valence electrons. The number of β-lactam (4-membered cyclic amide) rings is 1. The second-order valence-electron chi connectivity index (χ2n) is 12.0. The number of rotatable bonds is 13. The van der Waals surface area contributed by atoms with Crippen molar-refractivity contribution in [2.75, 3.05) is 17.3 Å². The van der Waals surface area contributed by atoms with E-state index in [4.69, 9.17) is 4.74 Å². The predicted octanol–water partition coefficient (Wildman–Crippen LogP) is 5.60. The number of amides is 1. The number of ether oxygens (including phenoxy) is 1. The number of hydrogen-bond donors (Lipinski definition) is 5. The van der Waals surface area contributed by atoms with Crippen LogP contribution in [0, 0.1) is 17.6 Å². The Kier molecular flexibility index (Phi) is 14.1. The van der Waals surface area contributed by atoms with E-state index in [1.807, 2.05) is 38.1 Å². The first-order valence-electron chi connectivity index (χ1n) is 16.6. The molecule has 3 aromatic carbocycles. The number of hydrogen-bond acceptors (Lipinski definition) is 8. The zero-order valence-electron chi connectivity index (χ0n) is 28.1. The van der Waals surface area contributed by atoms with Gasteiger partial charge in [-0.3, -0.25) is 4.79 Å². The monoisotopic (exact) mass is 709 g/mol. The van der Waals surface area contributed by atoms with Gasteiger partial charge >= 0.3 is 0 Å². The Morgan fingerprint density at radius 3 is 2.06 bits per heavy atom. The minimum atomic E-state index is -1.42. The van der Waals surface area contributed by atoms with E-state index in [2.05, 4.69) is 13.2 Å². The van der Waals surface area contributed by atoms with E-state index in [9.17, 15) is 39.1 Å². The van der Waals surface area contributed by atoms with E-state index in [0.717, 1.165) is 10.5 Å². The molecule has 11 heteroatoms. The lowest BCUT2D eigenvalue weighted by molar-refractivity contribution is -0.222. The molecule has 5 rings (SSSR count). The number of benzene rings is 3.